The highest BCUT2D eigenvalue weighted by Crippen LogP contribution is 2.29. The molecule has 0 saturated heterocycles. The van der Waals surface area contributed by atoms with Gasteiger partial charge < -0.3 is 5.73 Å². The van der Waals surface area contributed by atoms with Crippen LogP contribution >= 0.6 is 0 Å². The largest absolute Gasteiger partial charge is 0.329 e. The van der Waals surface area contributed by atoms with Gasteiger partial charge in [-0.05, 0) is 37.1 Å². The van der Waals surface area contributed by atoms with Gasteiger partial charge in [0, 0.05) is 18.6 Å². The second-order valence-electron chi connectivity index (χ2n) is 5.43. The first-order chi connectivity index (χ1) is 9.26. The van der Waals surface area contributed by atoms with E-state index in [0.717, 1.165) is 12.1 Å². The van der Waals surface area contributed by atoms with Crippen LogP contribution in [0.25, 0.3) is 0 Å². The van der Waals surface area contributed by atoms with Gasteiger partial charge >= 0.3 is 0 Å². The van der Waals surface area contributed by atoms with E-state index < -0.39 is 0 Å². The fourth-order valence-corrected chi connectivity index (χ4v) is 3.32. The van der Waals surface area contributed by atoms with Gasteiger partial charge in [-0.3, -0.25) is 4.90 Å². The quantitative estimate of drug-likeness (QED) is 0.882. The summed E-state index contributed by atoms with van der Waals surface area (Å²) in [6, 6.07) is 7.64. The highest BCUT2D eigenvalue weighted by atomic mass is 19.1. The van der Waals surface area contributed by atoms with Gasteiger partial charge in [0.2, 0.25) is 0 Å². The highest BCUT2D eigenvalue weighted by Gasteiger charge is 2.26. The van der Waals surface area contributed by atoms with Gasteiger partial charge in [-0.15, -0.1) is 0 Å². The molecule has 1 saturated carbocycles. The van der Waals surface area contributed by atoms with Crippen LogP contribution in [0.3, 0.4) is 0 Å². The monoisotopic (exact) mass is 264 g/mol. The second kappa shape index (κ2) is 7.01. The van der Waals surface area contributed by atoms with Crippen molar-refractivity contribution >= 4 is 0 Å². The van der Waals surface area contributed by atoms with Crippen LogP contribution in [0.5, 0.6) is 0 Å². The lowest BCUT2D eigenvalue weighted by molar-refractivity contribution is 0.113. The van der Waals surface area contributed by atoms with Crippen LogP contribution in [0.15, 0.2) is 24.3 Å². The molecular formula is C16H25FN2. The van der Waals surface area contributed by atoms with Crippen molar-refractivity contribution < 1.29 is 4.39 Å². The molecule has 0 bridgehead atoms. The Hall–Kier alpha value is -0.930. The number of likely N-dealkylation sites (N-methyl/N-ethyl adjacent to an activating group) is 1. The predicted molar refractivity (Wildman–Crippen MR) is 77.4 cm³/mol. The number of hydrogen-bond donors (Lipinski definition) is 1. The Balaban J connectivity index is 2.17. The fraction of sp³-hybridized carbons (Fsp3) is 0.625. The van der Waals surface area contributed by atoms with Gasteiger partial charge in [-0.25, -0.2) is 4.39 Å². The lowest BCUT2D eigenvalue weighted by Gasteiger charge is -2.39. The molecule has 19 heavy (non-hydrogen) atoms. The second-order valence-corrected chi connectivity index (χ2v) is 5.43. The standard InChI is InChI=1S/C16H25FN2/c1-2-19(15-9-4-3-5-10-15)16(12-18)13-7-6-8-14(17)11-13/h6-8,11,15-16H,2-5,9-10,12,18H2,1H3. The van der Waals surface area contributed by atoms with Gasteiger partial charge in [-0.1, -0.05) is 38.3 Å². The maximum absolute atomic E-state index is 13.4. The van der Waals surface area contributed by atoms with Crippen LogP contribution in [0.4, 0.5) is 4.39 Å². The Morgan fingerprint density at radius 3 is 2.63 bits per heavy atom. The summed E-state index contributed by atoms with van der Waals surface area (Å²) in [7, 11) is 0. The molecule has 1 fully saturated rings. The molecule has 2 rings (SSSR count). The summed E-state index contributed by atoms with van der Waals surface area (Å²) in [6.07, 6.45) is 6.46. The Labute approximate surface area is 115 Å². The number of rotatable bonds is 5. The number of nitrogens with two attached hydrogens (primary N) is 1. The van der Waals surface area contributed by atoms with Crippen molar-refractivity contribution in [2.75, 3.05) is 13.1 Å². The molecular weight excluding hydrogens is 239 g/mol. The van der Waals surface area contributed by atoms with E-state index in [1.807, 2.05) is 6.07 Å². The van der Waals surface area contributed by atoms with Crippen LogP contribution in [-0.2, 0) is 0 Å². The summed E-state index contributed by atoms with van der Waals surface area (Å²) in [5.74, 6) is -0.171. The lowest BCUT2D eigenvalue weighted by atomic mass is 9.92. The summed E-state index contributed by atoms with van der Waals surface area (Å²) in [6.45, 7) is 3.70. The third kappa shape index (κ3) is 3.54. The van der Waals surface area contributed by atoms with Gasteiger partial charge in [0.25, 0.3) is 0 Å². The van der Waals surface area contributed by atoms with E-state index in [9.17, 15) is 4.39 Å². The third-order valence-electron chi connectivity index (χ3n) is 4.27. The summed E-state index contributed by atoms with van der Waals surface area (Å²) in [4.78, 5) is 2.47. The molecule has 0 spiro atoms. The van der Waals surface area contributed by atoms with Crippen molar-refractivity contribution in [3.63, 3.8) is 0 Å². The first-order valence-electron chi connectivity index (χ1n) is 7.47. The Morgan fingerprint density at radius 1 is 1.32 bits per heavy atom. The molecule has 1 aromatic carbocycles. The van der Waals surface area contributed by atoms with Crippen molar-refractivity contribution in [2.45, 2.75) is 51.1 Å². The molecule has 1 aromatic rings. The van der Waals surface area contributed by atoms with Crippen LogP contribution in [0.2, 0.25) is 0 Å². The normalized spacial score (nSPS) is 18.7. The van der Waals surface area contributed by atoms with Crippen molar-refractivity contribution in [1.82, 2.24) is 4.90 Å². The minimum Gasteiger partial charge on any atom is -0.329 e. The van der Waals surface area contributed by atoms with Crippen molar-refractivity contribution in [3.8, 4) is 0 Å². The van der Waals surface area contributed by atoms with E-state index in [1.165, 1.54) is 38.2 Å². The van der Waals surface area contributed by atoms with Crippen LogP contribution in [-0.4, -0.2) is 24.0 Å². The SMILES string of the molecule is CCN(C1CCCCC1)C(CN)c1cccc(F)c1. The summed E-state index contributed by atoms with van der Waals surface area (Å²) < 4.78 is 13.4. The first kappa shape index (κ1) is 14.5. The average Bonchev–Trinajstić information content (AvgIpc) is 2.45. The summed E-state index contributed by atoms with van der Waals surface area (Å²) >= 11 is 0. The zero-order chi connectivity index (χ0) is 13.7. The van der Waals surface area contributed by atoms with Crippen LogP contribution < -0.4 is 5.73 Å². The fourth-order valence-electron chi connectivity index (χ4n) is 3.32. The molecule has 0 aromatic heterocycles. The molecule has 1 aliphatic carbocycles. The number of nitrogens with zero attached hydrogens (tertiary/aromatic N) is 1. The molecule has 1 unspecified atom stereocenters. The Morgan fingerprint density at radius 2 is 2.05 bits per heavy atom. The third-order valence-corrected chi connectivity index (χ3v) is 4.27. The zero-order valence-corrected chi connectivity index (χ0v) is 11.8. The molecule has 0 radical (unpaired) electrons. The molecule has 0 heterocycles. The van der Waals surface area contributed by atoms with E-state index in [0.29, 0.717) is 12.6 Å². The van der Waals surface area contributed by atoms with Gasteiger partial charge in [-0.2, -0.15) is 0 Å². The number of benzene rings is 1. The average molecular weight is 264 g/mol. The van der Waals surface area contributed by atoms with Crippen molar-refractivity contribution in [3.05, 3.63) is 35.6 Å². The molecule has 0 amide bonds. The topological polar surface area (TPSA) is 29.3 Å². The van der Waals surface area contributed by atoms with Gasteiger partial charge in [0.15, 0.2) is 0 Å². The molecule has 3 heteroatoms. The molecule has 1 atom stereocenters. The predicted octanol–water partition coefficient (Wildman–Crippen LogP) is 3.48. The molecule has 2 nitrogen and oxygen atoms in total. The van der Waals surface area contributed by atoms with E-state index in [1.54, 1.807) is 12.1 Å². The maximum atomic E-state index is 13.4. The lowest BCUT2D eigenvalue weighted by Crippen LogP contribution is -2.42. The minimum absolute atomic E-state index is 0.142. The number of hydrogen-bond acceptors (Lipinski definition) is 2. The molecule has 0 aliphatic heterocycles. The van der Waals surface area contributed by atoms with E-state index in [-0.39, 0.29) is 11.9 Å². The van der Waals surface area contributed by atoms with Gasteiger partial charge in [0.05, 0.1) is 0 Å². The van der Waals surface area contributed by atoms with Crippen LogP contribution in [0.1, 0.15) is 50.6 Å². The Kier molecular flexibility index (Phi) is 5.34. The molecule has 1 aliphatic rings. The van der Waals surface area contributed by atoms with E-state index in [4.69, 9.17) is 5.73 Å². The maximum Gasteiger partial charge on any atom is 0.123 e. The first-order valence-corrected chi connectivity index (χ1v) is 7.47. The van der Waals surface area contributed by atoms with Crippen LogP contribution in [0, 0.1) is 5.82 Å². The minimum atomic E-state index is -0.171. The summed E-state index contributed by atoms with van der Waals surface area (Å²) in [5.41, 5.74) is 6.98. The highest BCUT2D eigenvalue weighted by molar-refractivity contribution is 5.21. The van der Waals surface area contributed by atoms with Crippen molar-refractivity contribution in [1.29, 1.82) is 0 Å². The molecule has 2 N–H and O–H groups in total. The van der Waals surface area contributed by atoms with Crippen molar-refractivity contribution in [2.24, 2.45) is 5.73 Å². The smallest absolute Gasteiger partial charge is 0.123 e. The van der Waals surface area contributed by atoms with E-state index >= 15 is 0 Å². The zero-order valence-electron chi connectivity index (χ0n) is 11.8. The Bertz CT molecular complexity index is 388. The number of halogens is 1. The molecule has 106 valence electrons. The summed E-state index contributed by atoms with van der Waals surface area (Å²) in [5, 5.41) is 0. The van der Waals surface area contributed by atoms with Gasteiger partial charge in [0.1, 0.15) is 5.82 Å². The van der Waals surface area contributed by atoms with E-state index in [2.05, 4.69) is 11.8 Å².